The molecule has 6 heteroatoms. The van der Waals surface area contributed by atoms with Crippen molar-refractivity contribution in [1.82, 2.24) is 19.8 Å². The summed E-state index contributed by atoms with van der Waals surface area (Å²) < 4.78 is 2.31. The third-order valence-electron chi connectivity index (χ3n) is 7.11. The summed E-state index contributed by atoms with van der Waals surface area (Å²) in [6, 6.07) is 24.8. The number of amides is 1. The van der Waals surface area contributed by atoms with Crippen molar-refractivity contribution in [2.75, 3.05) is 19.6 Å². The SMILES string of the molecule is Cc1cccc(CCNC(=O)C2CCN(Cc3nc4ccccc4n3Cc3ccc(Cl)cc3)CC2)c1. The molecule has 2 heterocycles. The Balaban J connectivity index is 1.18. The Morgan fingerprint density at radius 2 is 1.75 bits per heavy atom. The maximum atomic E-state index is 12.8. The number of aryl methyl sites for hydroxylation is 1. The molecular weight excluding hydrogens is 468 g/mol. The Labute approximate surface area is 218 Å². The van der Waals surface area contributed by atoms with Crippen molar-refractivity contribution in [2.24, 2.45) is 5.92 Å². The molecule has 4 aromatic rings. The van der Waals surface area contributed by atoms with Gasteiger partial charge in [-0.3, -0.25) is 9.69 Å². The number of nitrogens with one attached hydrogen (secondary N) is 1. The van der Waals surface area contributed by atoms with Crippen molar-refractivity contribution in [3.8, 4) is 0 Å². The summed E-state index contributed by atoms with van der Waals surface area (Å²) in [5, 5.41) is 3.91. The summed E-state index contributed by atoms with van der Waals surface area (Å²) in [6.45, 7) is 6.14. The fraction of sp³-hybridized carbons (Fsp3) is 0.333. The lowest BCUT2D eigenvalue weighted by molar-refractivity contribution is -0.126. The maximum Gasteiger partial charge on any atom is 0.223 e. The van der Waals surface area contributed by atoms with E-state index >= 15 is 0 Å². The van der Waals surface area contributed by atoms with E-state index in [1.807, 2.05) is 18.2 Å². The quantitative estimate of drug-likeness (QED) is 0.342. The minimum Gasteiger partial charge on any atom is -0.356 e. The van der Waals surface area contributed by atoms with Crippen LogP contribution in [0.25, 0.3) is 11.0 Å². The normalized spacial score (nSPS) is 14.8. The van der Waals surface area contributed by atoms with Gasteiger partial charge >= 0.3 is 0 Å². The summed E-state index contributed by atoms with van der Waals surface area (Å²) in [5.74, 6) is 1.34. The molecule has 1 fully saturated rings. The molecular formula is C30H33ClN4O. The van der Waals surface area contributed by atoms with Gasteiger partial charge in [0.25, 0.3) is 0 Å². The van der Waals surface area contributed by atoms with E-state index < -0.39 is 0 Å². The van der Waals surface area contributed by atoms with Gasteiger partial charge in [0.2, 0.25) is 5.91 Å². The summed E-state index contributed by atoms with van der Waals surface area (Å²) >= 11 is 6.09. The van der Waals surface area contributed by atoms with Crippen LogP contribution in [0.15, 0.2) is 72.8 Å². The van der Waals surface area contributed by atoms with Gasteiger partial charge in [0.15, 0.2) is 0 Å². The third kappa shape index (κ3) is 5.97. The van der Waals surface area contributed by atoms with E-state index in [2.05, 4.69) is 76.3 Å². The highest BCUT2D eigenvalue weighted by atomic mass is 35.5. The van der Waals surface area contributed by atoms with Gasteiger partial charge in [-0.2, -0.15) is 0 Å². The van der Waals surface area contributed by atoms with Crippen LogP contribution >= 0.6 is 11.6 Å². The van der Waals surface area contributed by atoms with Gasteiger partial charge < -0.3 is 9.88 Å². The fourth-order valence-corrected chi connectivity index (χ4v) is 5.22. The minimum absolute atomic E-state index is 0.0895. The van der Waals surface area contributed by atoms with E-state index in [-0.39, 0.29) is 11.8 Å². The Morgan fingerprint density at radius 3 is 2.53 bits per heavy atom. The summed E-state index contributed by atoms with van der Waals surface area (Å²) in [4.78, 5) is 20.2. The number of aromatic nitrogens is 2. The van der Waals surface area contributed by atoms with Gasteiger partial charge in [0, 0.05) is 24.0 Å². The molecule has 0 radical (unpaired) electrons. The van der Waals surface area contributed by atoms with Crippen molar-refractivity contribution >= 4 is 28.5 Å². The Bertz CT molecular complexity index is 1320. The van der Waals surface area contributed by atoms with Gasteiger partial charge in [0.1, 0.15) is 5.82 Å². The second-order valence-electron chi connectivity index (χ2n) is 9.81. The molecule has 0 atom stereocenters. The second-order valence-corrected chi connectivity index (χ2v) is 10.2. The molecule has 0 spiro atoms. The highest BCUT2D eigenvalue weighted by molar-refractivity contribution is 6.30. The van der Waals surface area contributed by atoms with E-state index in [9.17, 15) is 4.79 Å². The molecule has 5 nitrogen and oxygen atoms in total. The lowest BCUT2D eigenvalue weighted by Gasteiger charge is -2.31. The first-order valence-corrected chi connectivity index (χ1v) is 13.2. The lowest BCUT2D eigenvalue weighted by atomic mass is 9.96. The topological polar surface area (TPSA) is 50.2 Å². The van der Waals surface area contributed by atoms with Crippen LogP contribution in [0.4, 0.5) is 0 Å². The first-order chi connectivity index (χ1) is 17.5. The number of hydrogen-bond donors (Lipinski definition) is 1. The standard InChI is InChI=1S/C30H33ClN4O/c1-22-5-4-6-23(19-22)13-16-32-30(36)25-14-17-34(18-15-25)21-29-33-27-7-2-3-8-28(27)35(29)20-24-9-11-26(31)12-10-24/h2-12,19,25H,13-18,20-21H2,1H3,(H,32,36). The van der Waals surface area contributed by atoms with Crippen LogP contribution in [-0.2, 0) is 24.3 Å². The van der Waals surface area contributed by atoms with Crippen LogP contribution in [-0.4, -0.2) is 40.0 Å². The van der Waals surface area contributed by atoms with E-state index in [0.717, 1.165) is 67.3 Å². The zero-order valence-electron chi connectivity index (χ0n) is 20.8. The predicted molar refractivity (Wildman–Crippen MR) is 146 cm³/mol. The number of rotatable bonds is 8. The van der Waals surface area contributed by atoms with Crippen LogP contribution < -0.4 is 5.32 Å². The summed E-state index contributed by atoms with van der Waals surface area (Å²) in [7, 11) is 0. The largest absolute Gasteiger partial charge is 0.356 e. The molecule has 36 heavy (non-hydrogen) atoms. The second kappa shape index (κ2) is 11.3. The number of fused-ring (bicyclic) bond motifs is 1. The maximum absolute atomic E-state index is 12.8. The fourth-order valence-electron chi connectivity index (χ4n) is 5.09. The van der Waals surface area contributed by atoms with Gasteiger partial charge in [-0.15, -0.1) is 0 Å². The van der Waals surface area contributed by atoms with Crippen LogP contribution in [0.2, 0.25) is 5.02 Å². The van der Waals surface area contributed by atoms with Crippen molar-refractivity contribution in [3.63, 3.8) is 0 Å². The molecule has 1 aliphatic rings. The monoisotopic (exact) mass is 500 g/mol. The molecule has 3 aromatic carbocycles. The predicted octanol–water partition coefficient (Wildman–Crippen LogP) is 5.62. The van der Waals surface area contributed by atoms with E-state index in [1.54, 1.807) is 0 Å². The number of carbonyl (C=O) groups excluding carboxylic acids is 1. The molecule has 1 N–H and O–H groups in total. The average Bonchev–Trinajstić information content (AvgIpc) is 3.22. The number of halogens is 1. The van der Waals surface area contributed by atoms with Crippen LogP contribution in [0, 0.1) is 12.8 Å². The van der Waals surface area contributed by atoms with Crippen LogP contribution in [0.5, 0.6) is 0 Å². The Morgan fingerprint density at radius 1 is 0.972 bits per heavy atom. The van der Waals surface area contributed by atoms with Crippen molar-refractivity contribution in [3.05, 3.63) is 100 Å². The first-order valence-electron chi connectivity index (χ1n) is 12.8. The zero-order valence-corrected chi connectivity index (χ0v) is 21.5. The number of para-hydroxylation sites is 2. The van der Waals surface area contributed by atoms with E-state index in [1.165, 1.54) is 16.7 Å². The average molecular weight is 501 g/mol. The van der Waals surface area contributed by atoms with Crippen molar-refractivity contribution in [1.29, 1.82) is 0 Å². The number of likely N-dealkylation sites (tertiary alicyclic amines) is 1. The minimum atomic E-state index is 0.0895. The highest BCUT2D eigenvalue weighted by Crippen LogP contribution is 2.23. The van der Waals surface area contributed by atoms with Crippen molar-refractivity contribution < 1.29 is 4.79 Å². The lowest BCUT2D eigenvalue weighted by Crippen LogP contribution is -2.41. The van der Waals surface area contributed by atoms with Crippen LogP contribution in [0.1, 0.15) is 35.4 Å². The van der Waals surface area contributed by atoms with Crippen LogP contribution in [0.3, 0.4) is 0 Å². The molecule has 0 bridgehead atoms. The summed E-state index contributed by atoms with van der Waals surface area (Å²) in [5.41, 5.74) is 5.89. The molecule has 0 saturated carbocycles. The number of carbonyl (C=O) groups is 1. The molecule has 0 aliphatic carbocycles. The molecule has 0 unspecified atom stereocenters. The highest BCUT2D eigenvalue weighted by Gasteiger charge is 2.26. The van der Waals surface area contributed by atoms with Gasteiger partial charge in [-0.25, -0.2) is 4.98 Å². The zero-order chi connectivity index (χ0) is 24.9. The number of nitrogens with zero attached hydrogens (tertiary/aromatic N) is 3. The molecule has 1 aliphatic heterocycles. The van der Waals surface area contributed by atoms with Gasteiger partial charge in [-0.1, -0.05) is 65.7 Å². The molecule has 186 valence electrons. The number of hydrogen-bond acceptors (Lipinski definition) is 3. The molecule has 5 rings (SSSR count). The molecule has 1 saturated heterocycles. The van der Waals surface area contributed by atoms with E-state index in [0.29, 0.717) is 6.54 Å². The number of imidazole rings is 1. The number of piperidine rings is 1. The Hall–Kier alpha value is -3.15. The third-order valence-corrected chi connectivity index (χ3v) is 7.36. The van der Waals surface area contributed by atoms with E-state index in [4.69, 9.17) is 16.6 Å². The van der Waals surface area contributed by atoms with Gasteiger partial charge in [-0.05, 0) is 74.7 Å². The smallest absolute Gasteiger partial charge is 0.223 e. The first kappa shape index (κ1) is 24.5. The molecule has 1 amide bonds. The van der Waals surface area contributed by atoms with Crippen molar-refractivity contribution in [2.45, 2.75) is 39.3 Å². The molecule has 1 aromatic heterocycles. The number of benzene rings is 3. The van der Waals surface area contributed by atoms with Gasteiger partial charge in [0.05, 0.1) is 17.6 Å². The summed E-state index contributed by atoms with van der Waals surface area (Å²) in [6.07, 6.45) is 2.64. The Kier molecular flexibility index (Phi) is 7.69.